The summed E-state index contributed by atoms with van der Waals surface area (Å²) >= 11 is 0. The number of rotatable bonds is 7. The van der Waals surface area contributed by atoms with Gasteiger partial charge in [0.25, 0.3) is 0 Å². The Hall–Kier alpha value is -1.66. The quantitative estimate of drug-likeness (QED) is 0.670. The number of benzene rings is 2. The van der Waals surface area contributed by atoms with Crippen molar-refractivity contribution in [3.05, 3.63) is 59.7 Å². The summed E-state index contributed by atoms with van der Waals surface area (Å²) in [6, 6.07) is 15.7. The Morgan fingerprint density at radius 2 is 1.29 bits per heavy atom. The molecule has 21 heavy (non-hydrogen) atoms. The van der Waals surface area contributed by atoms with E-state index in [0.717, 1.165) is 31.0 Å². The van der Waals surface area contributed by atoms with Crippen molar-refractivity contribution in [2.45, 2.75) is 39.5 Å². The predicted octanol–water partition coefficient (Wildman–Crippen LogP) is 5.04. The Bertz CT molecular complexity index is 573. The molecule has 2 nitrogen and oxygen atoms in total. The fourth-order valence-electron chi connectivity index (χ4n) is 2.23. The Kier molecular flexibility index (Phi) is 5.95. The fourth-order valence-corrected chi connectivity index (χ4v) is 3.04. The van der Waals surface area contributed by atoms with Gasteiger partial charge in [0.15, 0.2) is 5.75 Å². The summed E-state index contributed by atoms with van der Waals surface area (Å²) in [6.45, 7) is 4.31. The summed E-state index contributed by atoms with van der Waals surface area (Å²) in [5, 5.41) is 0.738. The van der Waals surface area contributed by atoms with E-state index in [2.05, 4.69) is 13.8 Å². The molecule has 1 atom stereocenters. The molecule has 0 saturated carbocycles. The first kappa shape index (κ1) is 15.7. The van der Waals surface area contributed by atoms with Crippen LogP contribution in [0.4, 0.5) is 0 Å². The van der Waals surface area contributed by atoms with Gasteiger partial charge in [0, 0.05) is 0 Å². The SMILES string of the molecule is CCCc1ccc(O[P+](=O)c2ccc(CCC)cc2)cc1. The van der Waals surface area contributed by atoms with Crippen molar-refractivity contribution in [1.29, 1.82) is 0 Å². The van der Waals surface area contributed by atoms with Gasteiger partial charge in [0.2, 0.25) is 5.30 Å². The molecule has 0 radical (unpaired) electrons. The number of aryl methyl sites for hydroxylation is 2. The zero-order chi connectivity index (χ0) is 15.1. The first-order chi connectivity index (χ1) is 10.2. The highest BCUT2D eigenvalue weighted by molar-refractivity contribution is 7.48. The minimum atomic E-state index is -1.84. The Morgan fingerprint density at radius 3 is 1.76 bits per heavy atom. The molecule has 0 bridgehead atoms. The van der Waals surface area contributed by atoms with E-state index in [0.29, 0.717) is 5.75 Å². The third kappa shape index (κ3) is 4.68. The van der Waals surface area contributed by atoms with Gasteiger partial charge in [-0.15, -0.1) is 0 Å². The van der Waals surface area contributed by atoms with Gasteiger partial charge < -0.3 is 0 Å². The van der Waals surface area contributed by atoms with E-state index in [1.54, 1.807) is 0 Å². The van der Waals surface area contributed by atoms with Crippen LogP contribution in [-0.2, 0) is 17.4 Å². The maximum absolute atomic E-state index is 12.2. The molecule has 0 heterocycles. The van der Waals surface area contributed by atoms with E-state index in [1.807, 2.05) is 48.5 Å². The Morgan fingerprint density at radius 1 is 0.810 bits per heavy atom. The third-order valence-electron chi connectivity index (χ3n) is 3.34. The van der Waals surface area contributed by atoms with E-state index >= 15 is 0 Å². The minimum absolute atomic E-state index is 0.661. The van der Waals surface area contributed by atoms with Crippen LogP contribution in [0.5, 0.6) is 5.75 Å². The van der Waals surface area contributed by atoms with Crippen molar-refractivity contribution >= 4 is 13.3 Å². The molecule has 2 aromatic carbocycles. The van der Waals surface area contributed by atoms with Crippen LogP contribution in [-0.4, -0.2) is 0 Å². The predicted molar refractivity (Wildman–Crippen MR) is 88.7 cm³/mol. The van der Waals surface area contributed by atoms with Crippen molar-refractivity contribution < 1.29 is 9.09 Å². The summed E-state index contributed by atoms with van der Waals surface area (Å²) in [5.74, 6) is 0.661. The first-order valence-corrected chi connectivity index (χ1v) is 8.73. The monoisotopic (exact) mass is 301 g/mol. The van der Waals surface area contributed by atoms with E-state index in [9.17, 15) is 4.57 Å². The Labute approximate surface area is 128 Å². The normalized spacial score (nSPS) is 11.2. The summed E-state index contributed by atoms with van der Waals surface area (Å²) in [5.41, 5.74) is 2.55. The lowest BCUT2D eigenvalue weighted by molar-refractivity contribution is 0.514. The molecule has 3 heteroatoms. The zero-order valence-electron chi connectivity index (χ0n) is 12.7. The highest BCUT2D eigenvalue weighted by atomic mass is 31.1. The molecule has 0 spiro atoms. The topological polar surface area (TPSA) is 26.3 Å². The molecule has 0 amide bonds. The van der Waals surface area contributed by atoms with Crippen LogP contribution in [0.2, 0.25) is 0 Å². The van der Waals surface area contributed by atoms with Crippen molar-refractivity contribution in [2.24, 2.45) is 0 Å². The minimum Gasteiger partial charge on any atom is -0.250 e. The largest absolute Gasteiger partial charge is 0.597 e. The van der Waals surface area contributed by atoms with Gasteiger partial charge in [-0.3, -0.25) is 4.52 Å². The maximum Gasteiger partial charge on any atom is 0.597 e. The zero-order valence-corrected chi connectivity index (χ0v) is 13.6. The van der Waals surface area contributed by atoms with Gasteiger partial charge in [-0.1, -0.05) is 51.0 Å². The van der Waals surface area contributed by atoms with E-state index < -0.39 is 8.03 Å². The molecule has 2 aromatic rings. The summed E-state index contributed by atoms with van der Waals surface area (Å²) < 4.78 is 17.8. The van der Waals surface area contributed by atoms with Crippen LogP contribution >= 0.6 is 8.03 Å². The molecular weight excluding hydrogens is 279 g/mol. The lowest BCUT2D eigenvalue weighted by Crippen LogP contribution is -2.00. The number of hydrogen-bond donors (Lipinski definition) is 0. The van der Waals surface area contributed by atoms with Gasteiger partial charge in [-0.25, -0.2) is 0 Å². The second-order valence-corrected chi connectivity index (χ2v) is 6.37. The first-order valence-electron chi connectivity index (χ1n) is 7.56. The summed E-state index contributed by atoms with van der Waals surface area (Å²) in [7, 11) is -1.84. The molecule has 0 saturated heterocycles. The molecule has 2 rings (SSSR count). The van der Waals surface area contributed by atoms with E-state index in [-0.39, 0.29) is 0 Å². The molecule has 0 aromatic heterocycles. The summed E-state index contributed by atoms with van der Waals surface area (Å²) in [4.78, 5) is 0. The molecule has 0 aliphatic heterocycles. The second-order valence-electron chi connectivity index (χ2n) is 5.16. The van der Waals surface area contributed by atoms with Gasteiger partial charge in [-0.2, -0.15) is 0 Å². The third-order valence-corrected chi connectivity index (χ3v) is 4.43. The van der Waals surface area contributed by atoms with Crippen LogP contribution in [0, 0.1) is 0 Å². The van der Waals surface area contributed by atoms with Crippen LogP contribution in [0.15, 0.2) is 48.5 Å². The van der Waals surface area contributed by atoms with Gasteiger partial charge in [0.05, 0.1) is 0 Å². The van der Waals surface area contributed by atoms with Crippen molar-refractivity contribution in [1.82, 2.24) is 0 Å². The van der Waals surface area contributed by atoms with E-state index in [1.165, 1.54) is 11.1 Å². The molecule has 0 N–H and O–H groups in total. The van der Waals surface area contributed by atoms with E-state index in [4.69, 9.17) is 4.52 Å². The average Bonchev–Trinajstić information content (AvgIpc) is 2.50. The van der Waals surface area contributed by atoms with Crippen LogP contribution in [0.25, 0.3) is 0 Å². The average molecular weight is 301 g/mol. The number of hydrogen-bond acceptors (Lipinski definition) is 2. The fraction of sp³-hybridized carbons (Fsp3) is 0.333. The molecule has 0 aliphatic carbocycles. The lowest BCUT2D eigenvalue weighted by Gasteiger charge is -1.99. The molecular formula is C18H22O2P+. The van der Waals surface area contributed by atoms with Gasteiger partial charge in [0.1, 0.15) is 0 Å². The lowest BCUT2D eigenvalue weighted by atomic mass is 10.1. The Balaban J connectivity index is 2.00. The van der Waals surface area contributed by atoms with Crippen LogP contribution in [0.3, 0.4) is 0 Å². The van der Waals surface area contributed by atoms with Crippen LogP contribution in [0.1, 0.15) is 37.8 Å². The smallest absolute Gasteiger partial charge is 0.250 e. The highest BCUT2D eigenvalue weighted by Gasteiger charge is 2.23. The van der Waals surface area contributed by atoms with Crippen LogP contribution < -0.4 is 9.83 Å². The molecule has 0 fully saturated rings. The highest BCUT2D eigenvalue weighted by Crippen LogP contribution is 2.26. The van der Waals surface area contributed by atoms with Gasteiger partial charge >= 0.3 is 8.03 Å². The maximum atomic E-state index is 12.2. The van der Waals surface area contributed by atoms with Crippen molar-refractivity contribution in [3.63, 3.8) is 0 Å². The van der Waals surface area contributed by atoms with Gasteiger partial charge in [-0.05, 0) is 52.8 Å². The van der Waals surface area contributed by atoms with Crippen molar-refractivity contribution in [2.75, 3.05) is 0 Å². The standard InChI is InChI=1S/C18H22O2P/c1-3-5-15-7-11-17(12-8-15)20-21(19)18-13-9-16(6-4-2)10-14-18/h7-14H,3-6H2,1-2H3/q+1. The molecule has 1 unspecified atom stereocenters. The molecule has 110 valence electrons. The van der Waals surface area contributed by atoms with Crippen molar-refractivity contribution in [3.8, 4) is 5.75 Å². The summed E-state index contributed by atoms with van der Waals surface area (Å²) in [6.07, 6.45) is 4.35. The molecule has 0 aliphatic rings. The second kappa shape index (κ2) is 7.95.